The van der Waals surface area contributed by atoms with E-state index in [0.29, 0.717) is 0 Å². The third-order valence-electron chi connectivity index (χ3n) is 1.11. The predicted molar refractivity (Wildman–Crippen MR) is 35.8 cm³/mol. The maximum atomic E-state index is 11.9. The molecule has 0 aliphatic carbocycles. The van der Waals surface area contributed by atoms with Gasteiger partial charge in [0.15, 0.2) is 5.50 Å². The van der Waals surface area contributed by atoms with Crippen molar-refractivity contribution in [2.45, 2.75) is 11.7 Å². The van der Waals surface area contributed by atoms with Gasteiger partial charge in [0, 0.05) is 0 Å². The molecule has 1 atom stereocenters. The molecule has 0 aromatic heterocycles. The summed E-state index contributed by atoms with van der Waals surface area (Å²) in [5, 5.41) is 0. The van der Waals surface area contributed by atoms with Crippen LogP contribution in [0, 0.1) is 0 Å². The van der Waals surface area contributed by atoms with Crippen LogP contribution in [0.2, 0.25) is 0 Å². The van der Waals surface area contributed by atoms with E-state index in [0.717, 1.165) is 12.2 Å². The van der Waals surface area contributed by atoms with E-state index in [9.17, 15) is 13.2 Å². The maximum absolute atomic E-state index is 11.9. The highest BCUT2D eigenvalue weighted by atomic mass is 35.5. The summed E-state index contributed by atoms with van der Waals surface area (Å²) in [5.74, 6) is 2.23. The second-order valence-corrected chi connectivity index (χ2v) is 2.29. The van der Waals surface area contributed by atoms with E-state index < -0.39 is 17.3 Å². The fourth-order valence-corrected chi connectivity index (χ4v) is 0.867. The largest absolute Gasteiger partial charge is 0.415 e. The van der Waals surface area contributed by atoms with Gasteiger partial charge in [-0.3, -0.25) is 0 Å². The third-order valence-corrected chi connectivity index (χ3v) is 1.44. The van der Waals surface area contributed by atoms with Crippen LogP contribution in [0.5, 0.6) is 0 Å². The molecule has 1 aliphatic rings. The lowest BCUT2D eigenvalue weighted by Gasteiger charge is -2.13. The van der Waals surface area contributed by atoms with E-state index in [1.165, 1.54) is 0 Å². The molecule has 1 nitrogen and oxygen atoms in total. The Hall–Kier alpha value is -0.730. The molecule has 1 heterocycles. The molecule has 5 heteroatoms. The van der Waals surface area contributed by atoms with Crippen LogP contribution in [-0.4, -0.2) is 17.5 Å². The first-order valence-corrected chi connectivity index (χ1v) is 3.15. The topological polar surface area (TPSA) is 12.4 Å². The standard InChI is InChI=1S/C6H3ClF3N/c7-5-4(6(8,9)10)2-1-3-11-5/h1-2,5H. The molecule has 0 bridgehead atoms. The summed E-state index contributed by atoms with van der Waals surface area (Å²) in [6, 6.07) is 0. The van der Waals surface area contributed by atoms with Crippen LogP contribution >= 0.6 is 11.6 Å². The summed E-state index contributed by atoms with van der Waals surface area (Å²) in [4.78, 5) is 3.25. The third kappa shape index (κ3) is 1.85. The molecule has 0 radical (unpaired) electrons. The van der Waals surface area contributed by atoms with Crippen molar-refractivity contribution in [3.63, 3.8) is 0 Å². The van der Waals surface area contributed by atoms with Gasteiger partial charge in [0.25, 0.3) is 0 Å². The van der Waals surface area contributed by atoms with Crippen molar-refractivity contribution in [3.8, 4) is 0 Å². The Morgan fingerprint density at radius 1 is 1.55 bits per heavy atom. The normalized spacial score (nSPS) is 23.6. The number of rotatable bonds is 0. The Balaban J connectivity index is 2.92. The number of aliphatic imine (C=N–C) groups is 1. The Morgan fingerprint density at radius 2 is 2.18 bits per heavy atom. The van der Waals surface area contributed by atoms with Crippen molar-refractivity contribution in [2.75, 3.05) is 0 Å². The molecule has 0 N–H and O–H groups in total. The molecule has 1 aliphatic heterocycles. The van der Waals surface area contributed by atoms with Crippen LogP contribution in [0.1, 0.15) is 0 Å². The zero-order valence-corrected chi connectivity index (χ0v) is 5.95. The molecule has 1 unspecified atom stereocenters. The lowest BCUT2D eigenvalue weighted by atomic mass is 10.2. The van der Waals surface area contributed by atoms with Gasteiger partial charge in [0.1, 0.15) is 0 Å². The van der Waals surface area contributed by atoms with Crippen LogP contribution in [0.15, 0.2) is 22.7 Å². The Bertz CT molecular complexity index is 247. The molecule has 0 saturated carbocycles. The van der Waals surface area contributed by atoms with E-state index in [4.69, 9.17) is 11.6 Å². The van der Waals surface area contributed by atoms with Gasteiger partial charge in [-0.2, -0.15) is 13.2 Å². The molecule has 0 fully saturated rings. The predicted octanol–water partition coefficient (Wildman–Crippen LogP) is 2.28. The molecule has 0 saturated heterocycles. The molecule has 0 spiro atoms. The molecular weight excluding hydrogens is 179 g/mol. The smallest absolute Gasteiger partial charge is 0.219 e. The minimum atomic E-state index is -4.39. The SMILES string of the molecule is FC(F)(F)C1=CC=C=NC1Cl. The van der Waals surface area contributed by atoms with Gasteiger partial charge >= 0.3 is 6.18 Å². The van der Waals surface area contributed by atoms with E-state index >= 15 is 0 Å². The molecular formula is C6H3ClF3N. The lowest BCUT2D eigenvalue weighted by Crippen LogP contribution is -2.19. The Morgan fingerprint density at radius 3 is 2.55 bits per heavy atom. The first-order chi connectivity index (χ1) is 5.02. The number of allylic oxidation sites excluding steroid dienone is 2. The number of alkyl halides is 4. The van der Waals surface area contributed by atoms with Gasteiger partial charge in [-0.15, -0.1) is 0 Å². The molecule has 60 valence electrons. The van der Waals surface area contributed by atoms with Crippen molar-refractivity contribution in [3.05, 3.63) is 17.7 Å². The maximum Gasteiger partial charge on any atom is 0.415 e. The second-order valence-electron chi connectivity index (χ2n) is 1.88. The van der Waals surface area contributed by atoms with Crippen LogP contribution in [0.4, 0.5) is 13.2 Å². The summed E-state index contributed by atoms with van der Waals surface area (Å²) in [7, 11) is 0. The fraction of sp³-hybridized carbons (Fsp3) is 0.333. The highest BCUT2D eigenvalue weighted by molar-refractivity contribution is 6.22. The average molecular weight is 182 g/mol. The van der Waals surface area contributed by atoms with Crippen LogP contribution in [0.25, 0.3) is 0 Å². The van der Waals surface area contributed by atoms with Crippen molar-refractivity contribution >= 4 is 17.5 Å². The van der Waals surface area contributed by atoms with Crippen LogP contribution < -0.4 is 0 Å². The molecule has 0 aromatic rings. The van der Waals surface area contributed by atoms with Crippen LogP contribution in [0.3, 0.4) is 0 Å². The van der Waals surface area contributed by atoms with E-state index in [2.05, 4.69) is 10.9 Å². The lowest BCUT2D eigenvalue weighted by molar-refractivity contribution is -0.0933. The Labute approximate surface area is 65.9 Å². The van der Waals surface area contributed by atoms with Crippen molar-refractivity contribution in [1.82, 2.24) is 0 Å². The second kappa shape index (κ2) is 2.72. The molecule has 0 amide bonds. The van der Waals surface area contributed by atoms with Gasteiger partial charge in [-0.05, 0) is 18.0 Å². The van der Waals surface area contributed by atoms with Crippen molar-refractivity contribution in [1.29, 1.82) is 0 Å². The quantitative estimate of drug-likeness (QED) is 0.402. The zero-order valence-electron chi connectivity index (χ0n) is 5.19. The number of hydrogen-bond acceptors (Lipinski definition) is 1. The summed E-state index contributed by atoms with van der Waals surface area (Å²) in [6.07, 6.45) is -2.44. The number of nitrogens with zero attached hydrogens (tertiary/aromatic N) is 1. The van der Waals surface area contributed by atoms with E-state index in [-0.39, 0.29) is 0 Å². The van der Waals surface area contributed by atoms with Crippen molar-refractivity contribution in [2.24, 2.45) is 4.99 Å². The molecule has 1 rings (SSSR count). The fourth-order valence-electron chi connectivity index (χ4n) is 0.614. The van der Waals surface area contributed by atoms with Crippen LogP contribution in [-0.2, 0) is 0 Å². The average Bonchev–Trinajstić information content (AvgIpc) is 1.86. The summed E-state index contributed by atoms with van der Waals surface area (Å²) in [5.41, 5.74) is -2.20. The zero-order chi connectivity index (χ0) is 8.48. The molecule has 0 aromatic carbocycles. The van der Waals surface area contributed by atoms with E-state index in [1.807, 2.05) is 0 Å². The highest BCUT2D eigenvalue weighted by Gasteiger charge is 2.38. The number of hydrogen-bond donors (Lipinski definition) is 0. The highest BCUT2D eigenvalue weighted by Crippen LogP contribution is 2.31. The van der Waals surface area contributed by atoms with Gasteiger partial charge < -0.3 is 0 Å². The summed E-state index contributed by atoms with van der Waals surface area (Å²) < 4.78 is 35.8. The molecule has 11 heavy (non-hydrogen) atoms. The van der Waals surface area contributed by atoms with Crippen molar-refractivity contribution < 1.29 is 13.2 Å². The first kappa shape index (κ1) is 8.37. The minimum Gasteiger partial charge on any atom is -0.219 e. The number of halogens is 4. The van der Waals surface area contributed by atoms with Gasteiger partial charge in [-0.25, -0.2) is 4.99 Å². The van der Waals surface area contributed by atoms with Gasteiger partial charge in [0.05, 0.1) is 5.57 Å². The monoisotopic (exact) mass is 181 g/mol. The summed E-state index contributed by atoms with van der Waals surface area (Å²) >= 11 is 5.23. The first-order valence-electron chi connectivity index (χ1n) is 2.72. The van der Waals surface area contributed by atoms with Gasteiger partial charge in [-0.1, -0.05) is 11.6 Å². The Kier molecular flexibility index (Phi) is 2.07. The van der Waals surface area contributed by atoms with Gasteiger partial charge in [0.2, 0.25) is 0 Å². The summed E-state index contributed by atoms with van der Waals surface area (Å²) in [6.45, 7) is 0. The minimum absolute atomic E-state index is 0.849. The van der Waals surface area contributed by atoms with E-state index in [1.54, 1.807) is 0 Å².